The average Bonchev–Trinajstić information content (AvgIpc) is 2.54. The van der Waals surface area contributed by atoms with Crippen LogP contribution in [0.4, 0.5) is 0 Å². The molecule has 0 saturated heterocycles. The zero-order valence-corrected chi connectivity index (χ0v) is 11.4. The Kier molecular flexibility index (Phi) is 2.61. The summed E-state index contributed by atoms with van der Waals surface area (Å²) < 4.78 is 0.944. The molecular formula is C19H13NO. The third-order valence-corrected chi connectivity index (χ3v) is 3.85. The van der Waals surface area contributed by atoms with Crippen LogP contribution in [0, 0.1) is 5.21 Å². The van der Waals surface area contributed by atoms with Crippen LogP contribution >= 0.6 is 0 Å². The summed E-state index contributed by atoms with van der Waals surface area (Å²) in [5, 5.41) is 15.5. The number of pyridine rings is 1. The molecule has 0 saturated carbocycles. The zero-order chi connectivity index (χ0) is 14.2. The molecule has 4 rings (SSSR count). The molecule has 0 aliphatic heterocycles. The summed E-state index contributed by atoms with van der Waals surface area (Å²) in [6.45, 7) is 0. The SMILES string of the molecule is [O-][n+]1cccc2cccc(-c3ccc4ccccc4c3)c21. The molecule has 0 aliphatic carbocycles. The lowest BCUT2D eigenvalue weighted by atomic mass is 9.99. The minimum absolute atomic E-state index is 0.718. The van der Waals surface area contributed by atoms with E-state index < -0.39 is 0 Å². The van der Waals surface area contributed by atoms with Gasteiger partial charge in [-0.05, 0) is 40.6 Å². The van der Waals surface area contributed by atoms with Gasteiger partial charge in [-0.3, -0.25) is 0 Å². The van der Waals surface area contributed by atoms with Crippen LogP contribution in [-0.2, 0) is 0 Å². The fraction of sp³-hybridized carbons (Fsp3) is 0. The summed E-state index contributed by atoms with van der Waals surface area (Å²) in [6.07, 6.45) is 1.55. The second-order valence-electron chi connectivity index (χ2n) is 5.14. The molecule has 0 fully saturated rings. The Bertz CT molecular complexity index is 954. The van der Waals surface area contributed by atoms with Gasteiger partial charge in [0.2, 0.25) is 5.52 Å². The highest BCUT2D eigenvalue weighted by Gasteiger charge is 2.11. The maximum absolute atomic E-state index is 12.2. The monoisotopic (exact) mass is 271 g/mol. The lowest BCUT2D eigenvalue weighted by molar-refractivity contribution is -0.576. The van der Waals surface area contributed by atoms with Crippen molar-refractivity contribution in [3.63, 3.8) is 0 Å². The first-order valence-electron chi connectivity index (χ1n) is 6.93. The number of hydrogen-bond acceptors (Lipinski definition) is 1. The molecule has 0 N–H and O–H groups in total. The molecule has 0 aliphatic rings. The molecular weight excluding hydrogens is 258 g/mol. The minimum Gasteiger partial charge on any atom is -0.618 e. The maximum atomic E-state index is 12.2. The van der Waals surface area contributed by atoms with Gasteiger partial charge in [-0.2, -0.15) is 4.73 Å². The van der Waals surface area contributed by atoms with E-state index in [1.165, 1.54) is 10.8 Å². The van der Waals surface area contributed by atoms with Gasteiger partial charge in [-0.15, -0.1) is 0 Å². The Morgan fingerprint density at radius 3 is 2.33 bits per heavy atom. The normalized spacial score (nSPS) is 11.0. The molecule has 0 spiro atoms. The zero-order valence-electron chi connectivity index (χ0n) is 11.4. The maximum Gasteiger partial charge on any atom is 0.231 e. The van der Waals surface area contributed by atoms with Gasteiger partial charge in [0.15, 0.2) is 6.20 Å². The topological polar surface area (TPSA) is 26.9 Å². The van der Waals surface area contributed by atoms with E-state index in [1.54, 1.807) is 12.3 Å². The van der Waals surface area contributed by atoms with Gasteiger partial charge in [0.25, 0.3) is 0 Å². The van der Waals surface area contributed by atoms with E-state index in [4.69, 9.17) is 0 Å². The second kappa shape index (κ2) is 4.60. The quantitative estimate of drug-likeness (QED) is 0.374. The molecule has 0 radical (unpaired) electrons. The summed E-state index contributed by atoms with van der Waals surface area (Å²) >= 11 is 0. The third-order valence-electron chi connectivity index (χ3n) is 3.85. The van der Waals surface area contributed by atoms with E-state index in [-0.39, 0.29) is 0 Å². The van der Waals surface area contributed by atoms with E-state index >= 15 is 0 Å². The number of rotatable bonds is 1. The summed E-state index contributed by atoms with van der Waals surface area (Å²) in [5.74, 6) is 0. The Hall–Kier alpha value is -2.87. The van der Waals surface area contributed by atoms with E-state index in [0.717, 1.165) is 26.8 Å². The van der Waals surface area contributed by atoms with Crippen LogP contribution in [0.3, 0.4) is 0 Å². The number of para-hydroxylation sites is 1. The molecule has 1 heterocycles. The Labute approximate surface area is 122 Å². The van der Waals surface area contributed by atoms with Crippen LogP contribution < -0.4 is 4.73 Å². The van der Waals surface area contributed by atoms with Crippen molar-refractivity contribution in [1.82, 2.24) is 0 Å². The minimum atomic E-state index is 0.718. The van der Waals surface area contributed by atoms with Gasteiger partial charge in [0.1, 0.15) is 0 Å². The second-order valence-corrected chi connectivity index (χ2v) is 5.14. The first-order chi connectivity index (χ1) is 10.3. The van der Waals surface area contributed by atoms with Gasteiger partial charge in [0.05, 0.1) is 5.56 Å². The molecule has 4 aromatic rings. The summed E-state index contributed by atoms with van der Waals surface area (Å²) in [7, 11) is 0. The smallest absolute Gasteiger partial charge is 0.231 e. The predicted octanol–water partition coefficient (Wildman–Crippen LogP) is 4.29. The molecule has 0 unspecified atom stereocenters. The van der Waals surface area contributed by atoms with Crippen LogP contribution in [0.2, 0.25) is 0 Å². The molecule has 21 heavy (non-hydrogen) atoms. The van der Waals surface area contributed by atoms with Crippen molar-refractivity contribution < 1.29 is 4.73 Å². The highest BCUT2D eigenvalue weighted by atomic mass is 16.5. The average molecular weight is 271 g/mol. The van der Waals surface area contributed by atoms with Crippen molar-refractivity contribution in [1.29, 1.82) is 0 Å². The van der Waals surface area contributed by atoms with Crippen LogP contribution in [0.15, 0.2) is 79.0 Å². The van der Waals surface area contributed by atoms with Crippen molar-refractivity contribution >= 4 is 21.7 Å². The van der Waals surface area contributed by atoms with Gasteiger partial charge in [-0.1, -0.05) is 42.5 Å². The predicted molar refractivity (Wildman–Crippen MR) is 85.9 cm³/mol. The molecule has 3 aromatic carbocycles. The van der Waals surface area contributed by atoms with Crippen LogP contribution in [0.5, 0.6) is 0 Å². The largest absolute Gasteiger partial charge is 0.618 e. The molecule has 0 atom stereocenters. The first kappa shape index (κ1) is 11.9. The molecule has 100 valence electrons. The number of aromatic nitrogens is 1. The van der Waals surface area contributed by atoms with Crippen LogP contribution in [0.1, 0.15) is 0 Å². The van der Waals surface area contributed by atoms with Gasteiger partial charge in [-0.25, -0.2) is 0 Å². The number of hydrogen-bond donors (Lipinski definition) is 0. The molecule has 0 amide bonds. The molecule has 0 bridgehead atoms. The van der Waals surface area contributed by atoms with Crippen molar-refractivity contribution in [2.24, 2.45) is 0 Å². The molecule has 2 heteroatoms. The summed E-state index contributed by atoms with van der Waals surface area (Å²) in [5.41, 5.74) is 2.75. The van der Waals surface area contributed by atoms with E-state index in [1.807, 2.05) is 36.4 Å². The van der Waals surface area contributed by atoms with Crippen LogP contribution in [0.25, 0.3) is 32.8 Å². The molecule has 1 aromatic heterocycles. The highest BCUT2D eigenvalue weighted by molar-refractivity contribution is 5.95. The van der Waals surface area contributed by atoms with Crippen LogP contribution in [-0.4, -0.2) is 0 Å². The summed E-state index contributed by atoms with van der Waals surface area (Å²) in [4.78, 5) is 0. The molecule has 2 nitrogen and oxygen atoms in total. The highest BCUT2D eigenvalue weighted by Crippen LogP contribution is 2.28. The fourth-order valence-corrected chi connectivity index (χ4v) is 2.83. The van der Waals surface area contributed by atoms with E-state index in [0.29, 0.717) is 0 Å². The van der Waals surface area contributed by atoms with Crippen molar-refractivity contribution in [2.45, 2.75) is 0 Å². The van der Waals surface area contributed by atoms with Crippen molar-refractivity contribution in [3.8, 4) is 11.1 Å². The van der Waals surface area contributed by atoms with E-state index in [9.17, 15) is 5.21 Å². The Morgan fingerprint density at radius 1 is 0.667 bits per heavy atom. The number of fused-ring (bicyclic) bond motifs is 2. The number of nitrogens with zero attached hydrogens (tertiary/aromatic N) is 1. The Morgan fingerprint density at radius 2 is 1.43 bits per heavy atom. The van der Waals surface area contributed by atoms with Gasteiger partial charge >= 0.3 is 0 Å². The first-order valence-corrected chi connectivity index (χ1v) is 6.93. The third kappa shape index (κ3) is 1.93. The van der Waals surface area contributed by atoms with E-state index in [2.05, 4.69) is 30.3 Å². The standard InChI is InChI=1S/C19H13NO/c21-20-12-4-8-15-7-3-9-18(19(15)20)17-11-10-14-5-1-2-6-16(14)13-17/h1-13H. The van der Waals surface area contributed by atoms with Gasteiger partial charge < -0.3 is 5.21 Å². The lowest BCUT2D eigenvalue weighted by Crippen LogP contribution is -2.26. The Balaban J connectivity index is 2.04. The van der Waals surface area contributed by atoms with Gasteiger partial charge in [0, 0.05) is 11.5 Å². The lowest BCUT2D eigenvalue weighted by Gasteiger charge is -2.08. The summed E-state index contributed by atoms with van der Waals surface area (Å²) in [6, 6.07) is 24.3. The fourth-order valence-electron chi connectivity index (χ4n) is 2.83. The van der Waals surface area contributed by atoms with Crippen molar-refractivity contribution in [3.05, 3.63) is 84.2 Å². The number of benzene rings is 3. The van der Waals surface area contributed by atoms with Crippen molar-refractivity contribution in [2.75, 3.05) is 0 Å².